The molecule has 2 aromatic rings. The van der Waals surface area contributed by atoms with Crippen LogP contribution >= 0.6 is 0 Å². The number of aromatic nitrogens is 1. The SMILES string of the molecule is COC(=O)NC(C)C(=O)NCCOc1cccc2cccnc12. The number of alkyl carbamates (subject to hydrolysis) is 1. The van der Waals surface area contributed by atoms with Crippen molar-refractivity contribution in [2.45, 2.75) is 13.0 Å². The molecule has 2 amide bonds. The van der Waals surface area contributed by atoms with Crippen LogP contribution in [0.25, 0.3) is 10.9 Å². The van der Waals surface area contributed by atoms with E-state index < -0.39 is 12.1 Å². The third-order valence-electron chi connectivity index (χ3n) is 3.17. The van der Waals surface area contributed by atoms with Crippen molar-refractivity contribution in [1.82, 2.24) is 15.6 Å². The van der Waals surface area contributed by atoms with E-state index >= 15 is 0 Å². The Morgan fingerprint density at radius 3 is 2.83 bits per heavy atom. The standard InChI is InChI=1S/C16H19N3O4/c1-11(19-16(21)22-2)15(20)18-9-10-23-13-7-3-5-12-6-4-8-17-14(12)13/h3-8,11H,9-10H2,1-2H3,(H,18,20)(H,19,21). The molecule has 122 valence electrons. The average Bonchev–Trinajstić information content (AvgIpc) is 2.58. The van der Waals surface area contributed by atoms with Gasteiger partial charge in [0.25, 0.3) is 0 Å². The first-order valence-electron chi connectivity index (χ1n) is 7.20. The zero-order chi connectivity index (χ0) is 16.7. The quantitative estimate of drug-likeness (QED) is 0.788. The first kappa shape index (κ1) is 16.5. The van der Waals surface area contributed by atoms with Crippen LogP contribution in [0.4, 0.5) is 4.79 Å². The molecule has 0 radical (unpaired) electrons. The zero-order valence-corrected chi connectivity index (χ0v) is 13.0. The molecule has 1 heterocycles. The maximum atomic E-state index is 11.8. The molecule has 7 heteroatoms. The number of hydrogen-bond acceptors (Lipinski definition) is 5. The number of benzene rings is 1. The minimum absolute atomic E-state index is 0.298. The summed E-state index contributed by atoms with van der Waals surface area (Å²) in [6, 6.07) is 8.82. The van der Waals surface area contributed by atoms with Gasteiger partial charge >= 0.3 is 6.09 Å². The molecule has 0 bridgehead atoms. The summed E-state index contributed by atoms with van der Waals surface area (Å²) in [7, 11) is 1.24. The maximum Gasteiger partial charge on any atom is 0.407 e. The Labute approximate surface area is 134 Å². The van der Waals surface area contributed by atoms with E-state index in [0.29, 0.717) is 18.9 Å². The number of ether oxygens (including phenoxy) is 2. The molecule has 1 aromatic carbocycles. The summed E-state index contributed by atoms with van der Waals surface area (Å²) in [5.41, 5.74) is 0.780. The van der Waals surface area contributed by atoms with Crippen molar-refractivity contribution in [2.24, 2.45) is 0 Å². The van der Waals surface area contributed by atoms with Crippen LogP contribution in [0, 0.1) is 0 Å². The average molecular weight is 317 g/mol. The molecule has 0 aliphatic carbocycles. The highest BCUT2D eigenvalue weighted by molar-refractivity contribution is 5.85. The number of carbonyl (C=O) groups excluding carboxylic acids is 2. The van der Waals surface area contributed by atoms with Gasteiger partial charge in [-0.3, -0.25) is 9.78 Å². The van der Waals surface area contributed by atoms with Crippen molar-refractivity contribution < 1.29 is 19.1 Å². The number of hydrogen-bond donors (Lipinski definition) is 2. The van der Waals surface area contributed by atoms with Crippen molar-refractivity contribution in [3.05, 3.63) is 36.5 Å². The summed E-state index contributed by atoms with van der Waals surface area (Å²) >= 11 is 0. The van der Waals surface area contributed by atoms with Gasteiger partial charge in [-0.1, -0.05) is 18.2 Å². The monoisotopic (exact) mass is 317 g/mol. The molecular weight excluding hydrogens is 298 g/mol. The van der Waals surface area contributed by atoms with Crippen LogP contribution in [0.5, 0.6) is 5.75 Å². The first-order chi connectivity index (χ1) is 11.1. The summed E-state index contributed by atoms with van der Waals surface area (Å²) in [5.74, 6) is 0.355. The Hall–Kier alpha value is -2.83. The van der Waals surface area contributed by atoms with Crippen LogP contribution in [0.1, 0.15) is 6.92 Å². The van der Waals surface area contributed by atoms with Crippen molar-refractivity contribution >= 4 is 22.9 Å². The third kappa shape index (κ3) is 4.57. The van der Waals surface area contributed by atoms with E-state index in [0.717, 1.165) is 10.9 Å². The predicted molar refractivity (Wildman–Crippen MR) is 85.3 cm³/mol. The Morgan fingerprint density at radius 1 is 1.26 bits per heavy atom. The lowest BCUT2D eigenvalue weighted by Gasteiger charge is -2.13. The second-order valence-corrected chi connectivity index (χ2v) is 4.83. The van der Waals surface area contributed by atoms with Gasteiger partial charge < -0.3 is 20.1 Å². The molecule has 7 nitrogen and oxygen atoms in total. The lowest BCUT2D eigenvalue weighted by Crippen LogP contribution is -2.45. The number of amides is 2. The molecule has 1 unspecified atom stereocenters. The molecule has 1 aromatic heterocycles. The highest BCUT2D eigenvalue weighted by Crippen LogP contribution is 2.22. The number of para-hydroxylation sites is 1. The second-order valence-electron chi connectivity index (χ2n) is 4.83. The van der Waals surface area contributed by atoms with Gasteiger partial charge in [0.05, 0.1) is 13.7 Å². The van der Waals surface area contributed by atoms with Gasteiger partial charge in [0.2, 0.25) is 5.91 Å². The van der Waals surface area contributed by atoms with Gasteiger partial charge in [-0.2, -0.15) is 0 Å². The molecule has 2 N–H and O–H groups in total. The van der Waals surface area contributed by atoms with Gasteiger partial charge in [0, 0.05) is 11.6 Å². The van der Waals surface area contributed by atoms with E-state index in [9.17, 15) is 9.59 Å². The number of fused-ring (bicyclic) bond motifs is 1. The fourth-order valence-corrected chi connectivity index (χ4v) is 1.98. The molecule has 0 aliphatic heterocycles. The van der Waals surface area contributed by atoms with Crippen LogP contribution in [-0.2, 0) is 9.53 Å². The number of carbonyl (C=O) groups is 2. The van der Waals surface area contributed by atoms with Crippen molar-refractivity contribution in [3.63, 3.8) is 0 Å². The largest absolute Gasteiger partial charge is 0.489 e. The highest BCUT2D eigenvalue weighted by atomic mass is 16.5. The zero-order valence-electron chi connectivity index (χ0n) is 13.0. The van der Waals surface area contributed by atoms with Crippen LogP contribution < -0.4 is 15.4 Å². The Bertz CT molecular complexity index is 685. The topological polar surface area (TPSA) is 89.5 Å². The van der Waals surface area contributed by atoms with E-state index in [1.54, 1.807) is 13.1 Å². The smallest absolute Gasteiger partial charge is 0.407 e. The molecular formula is C16H19N3O4. The molecule has 0 spiro atoms. The Kier molecular flexibility index (Phi) is 5.74. The maximum absolute atomic E-state index is 11.8. The van der Waals surface area contributed by atoms with Gasteiger partial charge in [0.1, 0.15) is 23.9 Å². The number of nitrogens with zero attached hydrogens (tertiary/aromatic N) is 1. The number of pyridine rings is 1. The molecule has 0 fully saturated rings. The Balaban J connectivity index is 1.81. The molecule has 2 rings (SSSR count). The van der Waals surface area contributed by atoms with Crippen LogP contribution in [0.3, 0.4) is 0 Å². The molecule has 1 atom stereocenters. The molecule has 0 saturated heterocycles. The van der Waals surface area contributed by atoms with Gasteiger partial charge in [0.15, 0.2) is 0 Å². The minimum atomic E-state index is -0.679. The van der Waals surface area contributed by atoms with E-state index in [1.165, 1.54) is 7.11 Å². The molecule has 0 saturated carbocycles. The van der Waals surface area contributed by atoms with Crippen LogP contribution in [0.2, 0.25) is 0 Å². The van der Waals surface area contributed by atoms with E-state index in [1.807, 2.05) is 30.3 Å². The summed E-state index contributed by atoms with van der Waals surface area (Å²) in [5, 5.41) is 6.05. The summed E-state index contributed by atoms with van der Waals surface area (Å²) in [6.07, 6.45) is 1.06. The molecule has 23 heavy (non-hydrogen) atoms. The van der Waals surface area contributed by atoms with Gasteiger partial charge in [-0.15, -0.1) is 0 Å². The number of nitrogens with one attached hydrogen (secondary N) is 2. The van der Waals surface area contributed by atoms with Crippen LogP contribution in [0.15, 0.2) is 36.5 Å². The normalized spacial score (nSPS) is 11.6. The second kappa shape index (κ2) is 7.98. The van der Waals surface area contributed by atoms with Crippen molar-refractivity contribution in [3.8, 4) is 5.75 Å². The first-order valence-corrected chi connectivity index (χ1v) is 7.20. The lowest BCUT2D eigenvalue weighted by atomic mass is 10.2. The highest BCUT2D eigenvalue weighted by Gasteiger charge is 2.15. The fourth-order valence-electron chi connectivity index (χ4n) is 1.98. The predicted octanol–water partition coefficient (Wildman–Crippen LogP) is 1.47. The van der Waals surface area contributed by atoms with E-state index in [-0.39, 0.29) is 5.91 Å². The molecule has 0 aliphatic rings. The van der Waals surface area contributed by atoms with Crippen molar-refractivity contribution in [1.29, 1.82) is 0 Å². The summed E-state index contributed by atoms with van der Waals surface area (Å²) < 4.78 is 10.1. The van der Waals surface area contributed by atoms with Crippen molar-refractivity contribution in [2.75, 3.05) is 20.3 Å². The Morgan fingerprint density at radius 2 is 2.04 bits per heavy atom. The minimum Gasteiger partial charge on any atom is -0.489 e. The van der Waals surface area contributed by atoms with E-state index in [4.69, 9.17) is 4.74 Å². The number of methoxy groups -OCH3 is 1. The van der Waals surface area contributed by atoms with Crippen LogP contribution in [-0.4, -0.2) is 43.3 Å². The fraction of sp³-hybridized carbons (Fsp3) is 0.312. The number of rotatable bonds is 6. The summed E-state index contributed by atoms with van der Waals surface area (Å²) in [4.78, 5) is 27.1. The third-order valence-corrected chi connectivity index (χ3v) is 3.17. The lowest BCUT2D eigenvalue weighted by molar-refractivity contribution is -0.122. The van der Waals surface area contributed by atoms with E-state index in [2.05, 4.69) is 20.4 Å². The van der Waals surface area contributed by atoms with Gasteiger partial charge in [-0.05, 0) is 19.1 Å². The van der Waals surface area contributed by atoms with Gasteiger partial charge in [-0.25, -0.2) is 4.79 Å². The summed E-state index contributed by atoms with van der Waals surface area (Å²) in [6.45, 7) is 2.18.